The zero-order valence-corrected chi connectivity index (χ0v) is 7.67. The third-order valence-electron chi connectivity index (χ3n) is 2.14. The third-order valence-corrected chi connectivity index (χ3v) is 2.14. The van der Waals surface area contributed by atoms with Crippen LogP contribution in [0.5, 0.6) is 0 Å². The molecule has 1 aromatic heterocycles. The van der Waals surface area contributed by atoms with Crippen molar-refractivity contribution in [1.82, 2.24) is 10.2 Å². The lowest BCUT2D eigenvalue weighted by atomic mass is 9.99. The summed E-state index contributed by atoms with van der Waals surface area (Å²) in [6, 6.07) is 0. The smallest absolute Gasteiger partial charge is 0.0715 e. The van der Waals surface area contributed by atoms with Gasteiger partial charge in [0.05, 0.1) is 12.8 Å². The third kappa shape index (κ3) is 1.85. The van der Waals surface area contributed by atoms with E-state index in [0.717, 1.165) is 24.1 Å². The molecule has 1 rings (SSSR count). The summed E-state index contributed by atoms with van der Waals surface area (Å²) >= 11 is 0. The summed E-state index contributed by atoms with van der Waals surface area (Å²) in [6.07, 6.45) is 3.99. The lowest BCUT2D eigenvalue weighted by molar-refractivity contribution is 0.280. The van der Waals surface area contributed by atoms with E-state index in [2.05, 4.69) is 24.0 Å². The van der Waals surface area contributed by atoms with E-state index in [1.54, 1.807) is 6.20 Å². The quantitative estimate of drug-likeness (QED) is 0.720. The normalized spacial score (nSPS) is 13.2. The Kier molecular flexibility index (Phi) is 3.29. The van der Waals surface area contributed by atoms with Crippen LogP contribution in [0.4, 0.5) is 0 Å². The van der Waals surface area contributed by atoms with Crippen LogP contribution in [0.2, 0.25) is 0 Å². The van der Waals surface area contributed by atoms with Crippen LogP contribution in [0.3, 0.4) is 0 Å². The summed E-state index contributed by atoms with van der Waals surface area (Å²) < 4.78 is 0. The van der Waals surface area contributed by atoms with Gasteiger partial charge in [0.15, 0.2) is 0 Å². The summed E-state index contributed by atoms with van der Waals surface area (Å²) in [6.45, 7) is 4.39. The number of H-pyrrole nitrogens is 1. The molecule has 3 heteroatoms. The van der Waals surface area contributed by atoms with E-state index in [4.69, 9.17) is 5.11 Å². The number of aliphatic hydroxyl groups is 1. The van der Waals surface area contributed by atoms with Gasteiger partial charge in [-0.05, 0) is 12.3 Å². The first-order chi connectivity index (χ1) is 5.79. The molecule has 1 atom stereocenters. The molecule has 0 aliphatic rings. The Hall–Kier alpha value is -0.830. The van der Waals surface area contributed by atoms with E-state index in [1.165, 1.54) is 0 Å². The molecule has 0 saturated carbocycles. The number of aromatic amines is 1. The van der Waals surface area contributed by atoms with E-state index < -0.39 is 0 Å². The predicted molar refractivity (Wildman–Crippen MR) is 47.8 cm³/mol. The van der Waals surface area contributed by atoms with Crippen molar-refractivity contribution in [1.29, 1.82) is 0 Å². The molecular weight excluding hydrogens is 152 g/mol. The average Bonchev–Trinajstić information content (AvgIpc) is 2.51. The Morgan fingerprint density at radius 3 is 3.00 bits per heavy atom. The van der Waals surface area contributed by atoms with Crippen LogP contribution in [0.15, 0.2) is 6.20 Å². The van der Waals surface area contributed by atoms with Crippen molar-refractivity contribution >= 4 is 0 Å². The predicted octanol–water partition coefficient (Wildman–Crippen LogP) is 1.81. The molecule has 1 aromatic rings. The fourth-order valence-corrected chi connectivity index (χ4v) is 1.45. The molecule has 0 radical (unpaired) electrons. The van der Waals surface area contributed by atoms with Crippen LogP contribution in [-0.2, 0) is 6.61 Å². The van der Waals surface area contributed by atoms with Gasteiger partial charge < -0.3 is 5.11 Å². The van der Waals surface area contributed by atoms with Gasteiger partial charge in [0.1, 0.15) is 0 Å². The summed E-state index contributed by atoms with van der Waals surface area (Å²) in [5.41, 5.74) is 2.01. The highest BCUT2D eigenvalue weighted by atomic mass is 16.3. The van der Waals surface area contributed by atoms with Crippen molar-refractivity contribution in [2.24, 2.45) is 0 Å². The molecule has 0 aliphatic carbocycles. The summed E-state index contributed by atoms with van der Waals surface area (Å²) in [7, 11) is 0. The number of rotatable bonds is 4. The molecule has 1 unspecified atom stereocenters. The van der Waals surface area contributed by atoms with Crippen LogP contribution in [-0.4, -0.2) is 15.3 Å². The lowest BCUT2D eigenvalue weighted by Crippen LogP contribution is -1.97. The van der Waals surface area contributed by atoms with Crippen LogP contribution in [0.1, 0.15) is 43.9 Å². The van der Waals surface area contributed by atoms with Gasteiger partial charge in [0.2, 0.25) is 0 Å². The van der Waals surface area contributed by atoms with Crippen LogP contribution in [0.25, 0.3) is 0 Å². The molecule has 2 N–H and O–H groups in total. The maximum absolute atomic E-state index is 8.96. The van der Waals surface area contributed by atoms with Gasteiger partial charge >= 0.3 is 0 Å². The van der Waals surface area contributed by atoms with E-state index in [0.29, 0.717) is 5.92 Å². The van der Waals surface area contributed by atoms with E-state index in [-0.39, 0.29) is 6.61 Å². The Morgan fingerprint density at radius 1 is 1.67 bits per heavy atom. The zero-order valence-electron chi connectivity index (χ0n) is 7.67. The fourth-order valence-electron chi connectivity index (χ4n) is 1.45. The first kappa shape index (κ1) is 9.26. The first-order valence-corrected chi connectivity index (χ1v) is 4.42. The molecule has 1 heterocycles. The van der Waals surface area contributed by atoms with Crippen molar-refractivity contribution in [3.8, 4) is 0 Å². The average molecular weight is 168 g/mol. The van der Waals surface area contributed by atoms with Gasteiger partial charge in [-0.2, -0.15) is 5.10 Å². The molecule has 0 fully saturated rings. The van der Waals surface area contributed by atoms with Crippen LogP contribution >= 0.6 is 0 Å². The molecule has 0 aromatic carbocycles. The summed E-state index contributed by atoms with van der Waals surface area (Å²) in [5.74, 6) is 0.472. The maximum atomic E-state index is 8.96. The van der Waals surface area contributed by atoms with Crippen molar-refractivity contribution in [2.75, 3.05) is 0 Å². The number of nitrogens with zero attached hydrogens (tertiary/aromatic N) is 1. The van der Waals surface area contributed by atoms with Gasteiger partial charge in [0.25, 0.3) is 0 Å². The SMILES string of the molecule is CCCC(C)c1[nH]ncc1CO. The minimum Gasteiger partial charge on any atom is -0.392 e. The number of aromatic nitrogens is 2. The molecular formula is C9H16N2O. The second-order valence-corrected chi connectivity index (χ2v) is 3.16. The molecule has 3 nitrogen and oxygen atoms in total. The van der Waals surface area contributed by atoms with Crippen LogP contribution in [0, 0.1) is 0 Å². The molecule has 12 heavy (non-hydrogen) atoms. The molecule has 0 aliphatic heterocycles. The topological polar surface area (TPSA) is 48.9 Å². The van der Waals surface area contributed by atoms with E-state index >= 15 is 0 Å². The van der Waals surface area contributed by atoms with Crippen molar-refractivity contribution in [2.45, 2.75) is 39.2 Å². The largest absolute Gasteiger partial charge is 0.392 e. The fraction of sp³-hybridized carbons (Fsp3) is 0.667. The maximum Gasteiger partial charge on any atom is 0.0715 e. The Balaban J connectivity index is 2.71. The van der Waals surface area contributed by atoms with Gasteiger partial charge in [0, 0.05) is 11.3 Å². The van der Waals surface area contributed by atoms with E-state index in [1.807, 2.05) is 0 Å². The second-order valence-electron chi connectivity index (χ2n) is 3.16. The highest BCUT2D eigenvalue weighted by Crippen LogP contribution is 2.21. The Morgan fingerprint density at radius 2 is 2.42 bits per heavy atom. The van der Waals surface area contributed by atoms with Crippen molar-refractivity contribution in [3.63, 3.8) is 0 Å². The Bertz CT molecular complexity index is 232. The summed E-state index contributed by atoms with van der Waals surface area (Å²) in [5, 5.41) is 15.8. The van der Waals surface area contributed by atoms with Crippen LogP contribution < -0.4 is 0 Å². The minimum atomic E-state index is 0.0832. The first-order valence-electron chi connectivity index (χ1n) is 4.42. The number of nitrogens with one attached hydrogen (secondary N) is 1. The van der Waals surface area contributed by atoms with Gasteiger partial charge in [-0.25, -0.2) is 0 Å². The number of hydrogen-bond acceptors (Lipinski definition) is 2. The van der Waals surface area contributed by atoms with Gasteiger partial charge in [-0.1, -0.05) is 20.3 Å². The van der Waals surface area contributed by atoms with Gasteiger partial charge in [-0.15, -0.1) is 0 Å². The van der Waals surface area contributed by atoms with Crippen molar-refractivity contribution in [3.05, 3.63) is 17.5 Å². The molecule has 0 saturated heterocycles. The highest BCUT2D eigenvalue weighted by molar-refractivity contribution is 5.18. The summed E-state index contributed by atoms with van der Waals surface area (Å²) in [4.78, 5) is 0. The zero-order chi connectivity index (χ0) is 8.97. The van der Waals surface area contributed by atoms with Gasteiger partial charge in [-0.3, -0.25) is 5.10 Å². The number of aliphatic hydroxyl groups excluding tert-OH is 1. The minimum absolute atomic E-state index is 0.0832. The lowest BCUT2D eigenvalue weighted by Gasteiger charge is -2.08. The molecule has 68 valence electrons. The Labute approximate surface area is 72.8 Å². The van der Waals surface area contributed by atoms with E-state index in [9.17, 15) is 0 Å². The highest BCUT2D eigenvalue weighted by Gasteiger charge is 2.10. The standard InChI is InChI=1S/C9H16N2O/c1-3-4-7(2)9-8(6-12)5-10-11-9/h5,7,12H,3-4,6H2,1-2H3,(H,10,11). The second kappa shape index (κ2) is 4.26. The van der Waals surface area contributed by atoms with Crippen molar-refractivity contribution < 1.29 is 5.11 Å². The number of hydrogen-bond donors (Lipinski definition) is 2. The monoisotopic (exact) mass is 168 g/mol. The molecule has 0 spiro atoms. The molecule has 0 bridgehead atoms. The molecule has 0 amide bonds.